The lowest BCUT2D eigenvalue weighted by molar-refractivity contribution is -0.120. The van der Waals surface area contributed by atoms with Gasteiger partial charge in [-0.25, -0.2) is 0 Å². The fraction of sp³-hybridized carbons (Fsp3) is 0.118. The van der Waals surface area contributed by atoms with Crippen molar-refractivity contribution in [1.29, 1.82) is 0 Å². The van der Waals surface area contributed by atoms with Gasteiger partial charge in [0.15, 0.2) is 17.3 Å². The first-order valence-corrected chi connectivity index (χ1v) is 6.34. The maximum atomic E-state index is 12.5. The summed E-state index contributed by atoms with van der Waals surface area (Å²) in [4.78, 5) is 35.9. The smallest absolute Gasteiger partial charge is 0.197 e. The Kier molecular flexibility index (Phi) is 2.64. The molecule has 2 aliphatic carbocycles. The van der Waals surface area contributed by atoms with Gasteiger partial charge in [-0.1, -0.05) is 24.3 Å². The SMILES string of the molecule is CC(=O)C1=C(C(C)=O)C(=O)C2=Cc3ccccc3C2=C1. The number of benzene rings is 1. The molecule has 0 spiro atoms. The minimum absolute atomic E-state index is 0.000283. The van der Waals surface area contributed by atoms with E-state index in [1.165, 1.54) is 13.8 Å². The second-order valence-electron chi connectivity index (χ2n) is 4.93. The summed E-state index contributed by atoms with van der Waals surface area (Å²) in [5.41, 5.74) is 3.32. The lowest BCUT2D eigenvalue weighted by atomic mass is 9.84. The first-order valence-electron chi connectivity index (χ1n) is 6.34. The van der Waals surface area contributed by atoms with E-state index in [0.29, 0.717) is 5.57 Å². The van der Waals surface area contributed by atoms with Gasteiger partial charge >= 0.3 is 0 Å². The van der Waals surface area contributed by atoms with E-state index in [1.54, 1.807) is 12.2 Å². The van der Waals surface area contributed by atoms with Crippen molar-refractivity contribution < 1.29 is 14.4 Å². The molecule has 0 radical (unpaired) electrons. The van der Waals surface area contributed by atoms with Crippen LogP contribution in [0.5, 0.6) is 0 Å². The van der Waals surface area contributed by atoms with Crippen LogP contribution in [0.25, 0.3) is 11.6 Å². The molecule has 0 atom stereocenters. The minimum Gasteiger partial charge on any atom is -0.294 e. The standard InChI is InChI=1S/C17H12O3/c1-9(18)13-8-14-12-6-4-3-5-11(12)7-15(14)17(20)16(13)10(2)19/h3-8H,1-2H3. The van der Waals surface area contributed by atoms with E-state index in [4.69, 9.17) is 0 Å². The number of carbonyl (C=O) groups excluding carboxylic acids is 3. The van der Waals surface area contributed by atoms with Crippen LogP contribution in [0.3, 0.4) is 0 Å². The van der Waals surface area contributed by atoms with E-state index < -0.39 is 0 Å². The predicted octanol–water partition coefficient (Wildman–Crippen LogP) is 2.52. The third kappa shape index (κ3) is 1.63. The largest absolute Gasteiger partial charge is 0.294 e. The highest BCUT2D eigenvalue weighted by molar-refractivity contribution is 6.38. The Morgan fingerprint density at radius 3 is 2.25 bits per heavy atom. The van der Waals surface area contributed by atoms with Crippen molar-refractivity contribution in [2.45, 2.75) is 13.8 Å². The van der Waals surface area contributed by atoms with Crippen molar-refractivity contribution >= 4 is 29.0 Å². The summed E-state index contributed by atoms with van der Waals surface area (Å²) >= 11 is 0. The number of carbonyl (C=O) groups is 3. The zero-order valence-electron chi connectivity index (χ0n) is 11.2. The fourth-order valence-corrected chi connectivity index (χ4v) is 2.69. The number of ketones is 3. The molecule has 1 aromatic carbocycles. The molecule has 0 aliphatic heterocycles. The molecular weight excluding hydrogens is 252 g/mol. The van der Waals surface area contributed by atoms with E-state index in [1.807, 2.05) is 24.3 Å². The summed E-state index contributed by atoms with van der Waals surface area (Å²) < 4.78 is 0. The second-order valence-corrected chi connectivity index (χ2v) is 4.93. The summed E-state index contributed by atoms with van der Waals surface area (Å²) in [7, 11) is 0. The zero-order chi connectivity index (χ0) is 14.4. The topological polar surface area (TPSA) is 51.2 Å². The van der Waals surface area contributed by atoms with Gasteiger partial charge in [-0.2, -0.15) is 0 Å². The molecule has 3 nitrogen and oxygen atoms in total. The molecule has 3 rings (SSSR count). The molecular formula is C17H12O3. The van der Waals surface area contributed by atoms with Crippen LogP contribution in [0.15, 0.2) is 47.1 Å². The monoisotopic (exact) mass is 264 g/mol. The van der Waals surface area contributed by atoms with Gasteiger partial charge in [-0.3, -0.25) is 14.4 Å². The van der Waals surface area contributed by atoms with Crippen LogP contribution < -0.4 is 0 Å². The number of hydrogen-bond donors (Lipinski definition) is 0. The summed E-state index contributed by atoms with van der Waals surface area (Å²) in [5, 5.41) is 0. The van der Waals surface area contributed by atoms with Gasteiger partial charge in [0.25, 0.3) is 0 Å². The van der Waals surface area contributed by atoms with Crippen LogP contribution in [0.4, 0.5) is 0 Å². The molecule has 20 heavy (non-hydrogen) atoms. The molecule has 0 aromatic heterocycles. The van der Waals surface area contributed by atoms with Crippen molar-refractivity contribution in [3.63, 3.8) is 0 Å². The van der Waals surface area contributed by atoms with E-state index in [2.05, 4.69) is 0 Å². The highest BCUT2D eigenvalue weighted by atomic mass is 16.2. The van der Waals surface area contributed by atoms with Crippen LogP contribution in [0.1, 0.15) is 25.0 Å². The van der Waals surface area contributed by atoms with Crippen molar-refractivity contribution in [1.82, 2.24) is 0 Å². The third-order valence-electron chi connectivity index (χ3n) is 3.60. The van der Waals surface area contributed by atoms with E-state index >= 15 is 0 Å². The van der Waals surface area contributed by atoms with Crippen LogP contribution >= 0.6 is 0 Å². The molecule has 98 valence electrons. The van der Waals surface area contributed by atoms with Gasteiger partial charge < -0.3 is 0 Å². The Bertz CT molecular complexity index is 773. The molecule has 0 bridgehead atoms. The summed E-state index contributed by atoms with van der Waals surface area (Å²) in [5.74, 6) is -0.983. The Hall–Kier alpha value is -2.55. The van der Waals surface area contributed by atoms with E-state index in [9.17, 15) is 14.4 Å². The van der Waals surface area contributed by atoms with Crippen LogP contribution in [-0.2, 0) is 14.4 Å². The molecule has 0 unspecified atom stereocenters. The number of rotatable bonds is 2. The maximum Gasteiger partial charge on any atom is 0.197 e. The van der Waals surface area contributed by atoms with Crippen molar-refractivity contribution in [2.75, 3.05) is 0 Å². The lowest BCUT2D eigenvalue weighted by Crippen LogP contribution is -2.20. The Morgan fingerprint density at radius 1 is 0.900 bits per heavy atom. The van der Waals surface area contributed by atoms with Gasteiger partial charge in [0.05, 0.1) is 5.57 Å². The normalized spacial score (nSPS) is 16.4. The van der Waals surface area contributed by atoms with Crippen LogP contribution in [0, 0.1) is 0 Å². The highest BCUT2D eigenvalue weighted by Crippen LogP contribution is 2.41. The molecule has 0 saturated heterocycles. The highest BCUT2D eigenvalue weighted by Gasteiger charge is 2.34. The Labute approximate surface area is 116 Å². The minimum atomic E-state index is -0.368. The number of fused-ring (bicyclic) bond motifs is 3. The van der Waals surface area contributed by atoms with Gasteiger partial charge in [0.2, 0.25) is 0 Å². The Balaban J connectivity index is 2.29. The third-order valence-corrected chi connectivity index (χ3v) is 3.60. The number of hydrogen-bond acceptors (Lipinski definition) is 3. The predicted molar refractivity (Wildman–Crippen MR) is 75.8 cm³/mol. The van der Waals surface area contributed by atoms with Gasteiger partial charge in [-0.05, 0) is 42.7 Å². The average molecular weight is 264 g/mol. The molecule has 0 amide bonds. The molecule has 0 fully saturated rings. The van der Waals surface area contributed by atoms with Crippen LogP contribution in [-0.4, -0.2) is 17.3 Å². The van der Waals surface area contributed by atoms with Gasteiger partial charge in [-0.15, -0.1) is 0 Å². The first-order chi connectivity index (χ1) is 9.50. The number of Topliss-reactive ketones (excluding diaryl/α,β-unsaturated/α-hetero) is 3. The second kappa shape index (κ2) is 4.23. The van der Waals surface area contributed by atoms with Crippen molar-refractivity contribution in [3.05, 3.63) is 58.2 Å². The molecule has 1 aromatic rings. The first kappa shape index (κ1) is 12.5. The average Bonchev–Trinajstić information content (AvgIpc) is 2.77. The Morgan fingerprint density at radius 2 is 1.60 bits per heavy atom. The van der Waals surface area contributed by atoms with Crippen molar-refractivity contribution in [3.8, 4) is 0 Å². The zero-order valence-corrected chi connectivity index (χ0v) is 11.2. The molecule has 2 aliphatic rings. The molecule has 3 heteroatoms. The van der Waals surface area contributed by atoms with Crippen LogP contribution in [0.2, 0.25) is 0 Å². The molecule has 0 saturated carbocycles. The van der Waals surface area contributed by atoms with E-state index in [-0.39, 0.29) is 28.5 Å². The summed E-state index contributed by atoms with van der Waals surface area (Å²) in [6.07, 6.45) is 3.45. The fourth-order valence-electron chi connectivity index (χ4n) is 2.69. The van der Waals surface area contributed by atoms with E-state index in [0.717, 1.165) is 16.7 Å². The summed E-state index contributed by atoms with van der Waals surface area (Å²) in [6, 6.07) is 7.60. The summed E-state index contributed by atoms with van der Waals surface area (Å²) in [6.45, 7) is 2.69. The van der Waals surface area contributed by atoms with Crippen molar-refractivity contribution in [2.24, 2.45) is 0 Å². The van der Waals surface area contributed by atoms with Gasteiger partial charge in [0.1, 0.15) is 0 Å². The molecule has 0 heterocycles. The quantitative estimate of drug-likeness (QED) is 0.771. The molecule has 0 N–H and O–H groups in total. The number of allylic oxidation sites excluding steroid dienone is 5. The lowest BCUT2D eigenvalue weighted by Gasteiger charge is -2.16. The maximum absolute atomic E-state index is 12.5. The van der Waals surface area contributed by atoms with Gasteiger partial charge in [0, 0.05) is 11.1 Å².